The van der Waals surface area contributed by atoms with Crippen LogP contribution in [0.1, 0.15) is 0 Å². The molecule has 20 heavy (non-hydrogen) atoms. The van der Waals surface area contributed by atoms with Crippen LogP contribution in [-0.2, 0) is 0 Å². The molecule has 110 valence electrons. The van der Waals surface area contributed by atoms with Gasteiger partial charge in [0.05, 0.1) is 6.61 Å². The van der Waals surface area contributed by atoms with E-state index >= 15 is 0 Å². The van der Waals surface area contributed by atoms with Crippen LogP contribution in [0.5, 0.6) is 5.75 Å². The summed E-state index contributed by atoms with van der Waals surface area (Å²) in [6.45, 7) is -0.539. The molecule has 7 heteroatoms. The topological polar surface area (TPSA) is 90.2 Å². The van der Waals surface area contributed by atoms with E-state index in [-0.39, 0.29) is 11.3 Å². The summed E-state index contributed by atoms with van der Waals surface area (Å²) in [6.07, 6.45) is -4.40. The van der Waals surface area contributed by atoms with Crippen LogP contribution in [0.4, 0.5) is 8.78 Å². The van der Waals surface area contributed by atoms with Crippen molar-refractivity contribution in [2.24, 2.45) is 0 Å². The van der Waals surface area contributed by atoms with Crippen LogP contribution in [0.3, 0.4) is 0 Å². The molecule has 0 unspecified atom stereocenters. The Morgan fingerprint density at radius 1 is 1.00 bits per heavy atom. The largest absolute Gasteiger partial charge is 0.483 e. The minimum absolute atomic E-state index is 0.0599. The van der Waals surface area contributed by atoms with Crippen molar-refractivity contribution in [3.63, 3.8) is 0 Å². The number of hydrogen-bond acceptors (Lipinski definition) is 5. The highest BCUT2D eigenvalue weighted by atomic mass is 19.1. The van der Waals surface area contributed by atoms with Gasteiger partial charge in [0.2, 0.25) is 0 Å². The molecule has 1 aromatic carbocycles. The molecule has 1 aromatic rings. The van der Waals surface area contributed by atoms with E-state index in [1.165, 1.54) is 6.08 Å². The third-order valence-corrected chi connectivity index (χ3v) is 3.06. The Kier molecular flexibility index (Phi) is 4.34. The Morgan fingerprint density at radius 2 is 1.60 bits per heavy atom. The molecule has 0 saturated heterocycles. The number of rotatable bonds is 3. The molecule has 2 rings (SSSR count). The van der Waals surface area contributed by atoms with Crippen LogP contribution in [-0.4, -0.2) is 51.4 Å². The van der Waals surface area contributed by atoms with Crippen LogP contribution in [0.15, 0.2) is 29.8 Å². The minimum Gasteiger partial charge on any atom is -0.483 e. The molecule has 0 saturated carbocycles. The van der Waals surface area contributed by atoms with Crippen molar-refractivity contribution < 1.29 is 33.9 Å². The molecule has 0 spiro atoms. The van der Waals surface area contributed by atoms with E-state index in [0.29, 0.717) is 6.07 Å². The lowest BCUT2D eigenvalue weighted by atomic mass is 9.90. The fourth-order valence-electron chi connectivity index (χ4n) is 2.01. The number of benzene rings is 1. The second-order valence-corrected chi connectivity index (χ2v) is 4.51. The molecule has 1 aliphatic rings. The van der Waals surface area contributed by atoms with Crippen molar-refractivity contribution in [3.8, 4) is 5.75 Å². The lowest BCUT2D eigenvalue weighted by molar-refractivity contribution is -0.0889. The molecule has 1 aliphatic carbocycles. The van der Waals surface area contributed by atoms with E-state index in [1.54, 1.807) is 0 Å². The summed E-state index contributed by atoms with van der Waals surface area (Å²) in [4.78, 5) is 0. The quantitative estimate of drug-likeness (QED) is 0.575. The molecule has 4 N–H and O–H groups in total. The number of hydrogen-bond donors (Lipinski definition) is 4. The first-order chi connectivity index (χ1) is 9.42. The van der Waals surface area contributed by atoms with Gasteiger partial charge in [-0.15, -0.1) is 0 Å². The summed E-state index contributed by atoms with van der Waals surface area (Å²) in [5.41, 5.74) is 0.0599. The summed E-state index contributed by atoms with van der Waals surface area (Å²) in [6, 6.07) is 2.50. The second kappa shape index (κ2) is 5.84. The molecule has 0 aliphatic heterocycles. The molecule has 5 nitrogen and oxygen atoms in total. The first-order valence-electron chi connectivity index (χ1n) is 5.90. The summed E-state index contributed by atoms with van der Waals surface area (Å²) in [5.74, 6) is -1.88. The maximum atomic E-state index is 13.0. The average Bonchev–Trinajstić information content (AvgIpc) is 2.38. The first kappa shape index (κ1) is 14.9. The van der Waals surface area contributed by atoms with Gasteiger partial charge in [-0.25, -0.2) is 8.78 Å². The Balaban J connectivity index is 2.25. The van der Waals surface area contributed by atoms with Gasteiger partial charge in [0.1, 0.15) is 41.8 Å². The summed E-state index contributed by atoms with van der Waals surface area (Å²) < 4.78 is 31.3. The second-order valence-electron chi connectivity index (χ2n) is 4.51. The van der Waals surface area contributed by atoms with Crippen molar-refractivity contribution in [1.82, 2.24) is 0 Å². The number of ether oxygens (including phenoxy) is 1. The lowest BCUT2D eigenvalue weighted by Crippen LogP contribution is -2.51. The zero-order chi connectivity index (χ0) is 14.9. The SMILES string of the molecule is OCC1=C[C@H](Oc2cc(F)cc(F)c2)[C@H](O)[C@@H](O)[C@H]1O. The normalized spacial score (nSPS) is 30.0. The molecule has 0 aromatic heterocycles. The van der Waals surface area contributed by atoms with Crippen molar-refractivity contribution in [3.05, 3.63) is 41.5 Å². The fourth-order valence-corrected chi connectivity index (χ4v) is 2.01. The highest BCUT2D eigenvalue weighted by Gasteiger charge is 2.38. The molecule has 4 atom stereocenters. The van der Waals surface area contributed by atoms with Crippen LogP contribution in [0, 0.1) is 11.6 Å². The van der Waals surface area contributed by atoms with Crippen LogP contribution >= 0.6 is 0 Å². The van der Waals surface area contributed by atoms with E-state index < -0.39 is 42.7 Å². The monoisotopic (exact) mass is 288 g/mol. The number of aliphatic hydroxyl groups is 4. The van der Waals surface area contributed by atoms with Crippen molar-refractivity contribution in [2.45, 2.75) is 24.4 Å². The molecule has 0 amide bonds. The molecule has 0 fully saturated rings. The van der Waals surface area contributed by atoms with Gasteiger partial charge < -0.3 is 25.2 Å². The molecule has 0 bridgehead atoms. The Bertz CT molecular complexity index is 499. The van der Waals surface area contributed by atoms with Gasteiger partial charge in [-0.2, -0.15) is 0 Å². The van der Waals surface area contributed by atoms with Gasteiger partial charge in [-0.05, 0) is 11.6 Å². The molecule has 0 radical (unpaired) electrons. The van der Waals surface area contributed by atoms with E-state index in [0.717, 1.165) is 12.1 Å². The van der Waals surface area contributed by atoms with E-state index in [1.807, 2.05) is 0 Å². The fraction of sp³-hybridized carbons (Fsp3) is 0.385. The smallest absolute Gasteiger partial charge is 0.146 e. The van der Waals surface area contributed by atoms with Crippen LogP contribution < -0.4 is 4.74 Å². The maximum Gasteiger partial charge on any atom is 0.146 e. The Labute approximate surface area is 113 Å². The average molecular weight is 288 g/mol. The standard InChI is InChI=1S/C13H14F2O5/c14-7-2-8(15)4-9(3-7)20-10-1-6(5-16)11(17)13(19)12(10)18/h1-4,10-13,16-19H,5H2/t10-,11-,12-,13-/m0/s1. The Hall–Kier alpha value is -1.54. The van der Waals surface area contributed by atoms with Crippen LogP contribution in [0.25, 0.3) is 0 Å². The van der Waals surface area contributed by atoms with E-state index in [2.05, 4.69) is 0 Å². The Morgan fingerprint density at radius 3 is 2.15 bits per heavy atom. The highest BCUT2D eigenvalue weighted by molar-refractivity contribution is 5.27. The predicted molar refractivity (Wildman–Crippen MR) is 64.0 cm³/mol. The maximum absolute atomic E-state index is 13.0. The zero-order valence-corrected chi connectivity index (χ0v) is 10.3. The summed E-state index contributed by atoms with van der Waals surface area (Å²) in [7, 11) is 0. The van der Waals surface area contributed by atoms with Gasteiger partial charge in [-0.1, -0.05) is 0 Å². The van der Waals surface area contributed by atoms with Crippen molar-refractivity contribution >= 4 is 0 Å². The number of halogens is 2. The molecular formula is C13H14F2O5. The van der Waals surface area contributed by atoms with Gasteiger partial charge >= 0.3 is 0 Å². The van der Waals surface area contributed by atoms with Crippen LogP contribution in [0.2, 0.25) is 0 Å². The summed E-state index contributed by atoms with van der Waals surface area (Å²) >= 11 is 0. The van der Waals surface area contributed by atoms with Gasteiger partial charge in [-0.3, -0.25) is 0 Å². The van der Waals surface area contributed by atoms with E-state index in [9.17, 15) is 24.1 Å². The predicted octanol–water partition coefficient (Wildman–Crippen LogP) is -0.273. The first-order valence-corrected chi connectivity index (χ1v) is 5.90. The highest BCUT2D eigenvalue weighted by Crippen LogP contribution is 2.25. The third-order valence-electron chi connectivity index (χ3n) is 3.06. The summed E-state index contributed by atoms with van der Waals surface area (Å²) in [5, 5.41) is 38.0. The third kappa shape index (κ3) is 2.96. The zero-order valence-electron chi connectivity index (χ0n) is 10.3. The minimum atomic E-state index is -1.56. The van der Waals surface area contributed by atoms with Crippen molar-refractivity contribution in [1.29, 1.82) is 0 Å². The number of aliphatic hydroxyl groups excluding tert-OH is 4. The van der Waals surface area contributed by atoms with Gasteiger partial charge in [0, 0.05) is 18.2 Å². The molecular weight excluding hydrogens is 274 g/mol. The molecule has 0 heterocycles. The van der Waals surface area contributed by atoms with Gasteiger partial charge in [0.15, 0.2) is 0 Å². The van der Waals surface area contributed by atoms with E-state index in [4.69, 9.17) is 9.84 Å². The van der Waals surface area contributed by atoms with Gasteiger partial charge in [0.25, 0.3) is 0 Å². The lowest BCUT2D eigenvalue weighted by Gasteiger charge is -2.34. The van der Waals surface area contributed by atoms with Crippen molar-refractivity contribution in [2.75, 3.05) is 6.61 Å².